The van der Waals surface area contributed by atoms with Crippen molar-refractivity contribution in [3.05, 3.63) is 111 Å². The first-order valence-electron chi connectivity index (χ1n) is 12.8. The zero-order valence-corrected chi connectivity index (χ0v) is 22.9. The van der Waals surface area contributed by atoms with Crippen LogP contribution in [-0.2, 0) is 19.5 Å². The summed E-state index contributed by atoms with van der Waals surface area (Å²) in [7, 11) is 0. The Bertz CT molecular complexity index is 1400. The van der Waals surface area contributed by atoms with Gasteiger partial charge in [0.2, 0.25) is 0 Å². The first-order chi connectivity index (χ1) is 18.4. The van der Waals surface area contributed by atoms with Crippen molar-refractivity contribution in [2.24, 2.45) is 0 Å². The van der Waals surface area contributed by atoms with Crippen LogP contribution >= 0.6 is 23.2 Å². The molecule has 196 valence electrons. The van der Waals surface area contributed by atoms with E-state index < -0.39 is 0 Å². The van der Waals surface area contributed by atoms with Gasteiger partial charge in [-0.2, -0.15) is 0 Å². The minimum atomic E-state index is -0.329. The topological polar surface area (TPSA) is 86.8 Å². The molecule has 7 nitrogen and oxygen atoms in total. The summed E-state index contributed by atoms with van der Waals surface area (Å²) in [5.41, 5.74) is 6.01. The number of amides is 1. The second-order valence-corrected chi connectivity index (χ2v) is 10.5. The summed E-state index contributed by atoms with van der Waals surface area (Å²) in [6, 6.07) is 12.9. The molecule has 0 saturated carbocycles. The second-order valence-electron chi connectivity index (χ2n) is 9.71. The largest absolute Gasteiger partial charge is 0.348 e. The van der Waals surface area contributed by atoms with E-state index in [0.29, 0.717) is 6.54 Å². The molecule has 2 N–H and O–H groups in total. The van der Waals surface area contributed by atoms with Crippen LogP contribution < -0.4 is 5.32 Å². The van der Waals surface area contributed by atoms with Gasteiger partial charge < -0.3 is 10.3 Å². The molecule has 0 spiro atoms. The molecule has 0 bridgehead atoms. The van der Waals surface area contributed by atoms with Gasteiger partial charge in [-0.1, -0.05) is 53.5 Å². The van der Waals surface area contributed by atoms with Crippen LogP contribution in [0.25, 0.3) is 0 Å². The molecule has 2 atom stereocenters. The van der Waals surface area contributed by atoms with E-state index in [-0.39, 0.29) is 33.6 Å². The third kappa shape index (κ3) is 5.75. The van der Waals surface area contributed by atoms with Crippen molar-refractivity contribution in [3.8, 4) is 0 Å². The van der Waals surface area contributed by atoms with Crippen LogP contribution in [0.3, 0.4) is 0 Å². The smallest absolute Gasteiger partial charge is 0.254 e. The van der Waals surface area contributed by atoms with Crippen molar-refractivity contribution in [2.45, 2.75) is 58.3 Å². The number of hydrogen-bond donors (Lipinski definition) is 2. The predicted octanol–water partition coefficient (Wildman–Crippen LogP) is 6.39. The summed E-state index contributed by atoms with van der Waals surface area (Å²) in [4.78, 5) is 31.7. The monoisotopic (exact) mass is 548 g/mol. The molecular weight excluding hydrogens is 519 g/mol. The highest BCUT2D eigenvalue weighted by molar-refractivity contribution is 6.39. The number of H-pyrrole nitrogens is 1. The van der Waals surface area contributed by atoms with E-state index in [2.05, 4.69) is 50.3 Å². The van der Waals surface area contributed by atoms with E-state index in [1.54, 1.807) is 0 Å². The van der Waals surface area contributed by atoms with Crippen LogP contribution in [0.5, 0.6) is 0 Å². The lowest BCUT2D eigenvalue weighted by Crippen LogP contribution is -2.34. The van der Waals surface area contributed by atoms with Crippen LogP contribution in [0.2, 0.25) is 10.0 Å². The van der Waals surface area contributed by atoms with Crippen molar-refractivity contribution in [3.63, 3.8) is 0 Å². The Hall–Kier alpha value is -3.26. The fraction of sp³-hybridized carbons (Fsp3) is 0.310. The number of nitrogens with one attached hydrogen (secondary N) is 2. The predicted molar refractivity (Wildman–Crippen MR) is 149 cm³/mol. The third-order valence-electron chi connectivity index (χ3n) is 7.16. The number of aryl methyl sites for hydroxylation is 2. The number of fused-ring (bicyclic) bond motifs is 1. The van der Waals surface area contributed by atoms with Crippen molar-refractivity contribution in [2.75, 3.05) is 0 Å². The Kier molecular flexibility index (Phi) is 8.07. The molecule has 3 aromatic heterocycles. The zero-order valence-electron chi connectivity index (χ0n) is 21.4. The lowest BCUT2D eigenvalue weighted by molar-refractivity contribution is 0.0951. The molecular formula is C29H30Cl2N6O. The number of aromatic amines is 1. The van der Waals surface area contributed by atoms with Crippen molar-refractivity contribution in [1.82, 2.24) is 30.2 Å². The zero-order chi connectivity index (χ0) is 26.6. The Balaban J connectivity index is 1.33. The van der Waals surface area contributed by atoms with Gasteiger partial charge in [0, 0.05) is 43.9 Å². The van der Waals surface area contributed by atoms with Crippen molar-refractivity contribution >= 4 is 29.1 Å². The van der Waals surface area contributed by atoms with E-state index in [4.69, 9.17) is 28.2 Å². The first-order valence-corrected chi connectivity index (χ1v) is 13.5. The highest BCUT2D eigenvalue weighted by atomic mass is 35.5. The van der Waals surface area contributed by atoms with E-state index in [1.807, 2.05) is 37.5 Å². The number of carbonyl (C=O) groups is 1. The van der Waals surface area contributed by atoms with E-state index in [1.165, 1.54) is 29.2 Å². The number of nitrogens with zero attached hydrogens (tertiary/aromatic N) is 4. The average Bonchev–Trinajstić information content (AvgIpc) is 3.37. The fourth-order valence-corrected chi connectivity index (χ4v) is 5.66. The number of carbonyl (C=O) groups excluding carboxylic acids is 1. The maximum Gasteiger partial charge on any atom is 0.254 e. The highest BCUT2D eigenvalue weighted by Crippen LogP contribution is 2.38. The Morgan fingerprint density at radius 3 is 2.55 bits per heavy atom. The molecule has 38 heavy (non-hydrogen) atoms. The van der Waals surface area contributed by atoms with Gasteiger partial charge in [0.05, 0.1) is 33.0 Å². The Labute approximate surface area is 232 Å². The van der Waals surface area contributed by atoms with E-state index in [0.717, 1.165) is 42.9 Å². The molecule has 9 heteroatoms. The van der Waals surface area contributed by atoms with E-state index >= 15 is 0 Å². The molecule has 2 unspecified atom stereocenters. The molecule has 3 heterocycles. The third-order valence-corrected chi connectivity index (χ3v) is 7.73. The normalized spacial score (nSPS) is 15.8. The molecule has 1 aliphatic rings. The van der Waals surface area contributed by atoms with Gasteiger partial charge in [-0.05, 0) is 55.9 Å². The molecule has 0 fully saturated rings. The van der Waals surface area contributed by atoms with Crippen LogP contribution in [0, 0.1) is 6.92 Å². The van der Waals surface area contributed by atoms with Crippen LogP contribution in [0.15, 0.2) is 61.2 Å². The molecule has 4 aromatic rings. The number of aromatic nitrogens is 4. The van der Waals surface area contributed by atoms with Gasteiger partial charge in [-0.15, -0.1) is 0 Å². The molecule has 0 radical (unpaired) electrons. The summed E-state index contributed by atoms with van der Waals surface area (Å²) in [6.45, 7) is 5.33. The van der Waals surface area contributed by atoms with Crippen LogP contribution in [-0.4, -0.2) is 30.7 Å². The summed E-state index contributed by atoms with van der Waals surface area (Å²) in [5, 5.41) is 3.35. The summed E-state index contributed by atoms with van der Waals surface area (Å²) in [5.74, 6) is 0.583. The lowest BCUT2D eigenvalue weighted by atomic mass is 9.89. The minimum absolute atomic E-state index is 0.128. The number of pyridine rings is 2. The average molecular weight is 550 g/mol. The standard InChI is InChI=1S/C29H30Cl2N6O/c1-18(25-16-34-19(2)36-25)37(26-7-3-5-22-6-4-12-33-28(22)26)17-21-10-8-20(9-11-21)13-35-29(38)27-23(30)14-32-15-24(27)31/h4,6,8-12,14-16,18,26H,3,5,7,13,17H2,1-2H3,(H,34,36)(H,35,38). The Morgan fingerprint density at radius 1 is 1.11 bits per heavy atom. The molecule has 1 aliphatic carbocycles. The van der Waals surface area contributed by atoms with Gasteiger partial charge in [-0.3, -0.25) is 19.7 Å². The van der Waals surface area contributed by atoms with Gasteiger partial charge in [0.15, 0.2) is 0 Å². The molecule has 1 amide bonds. The lowest BCUT2D eigenvalue weighted by Gasteiger charge is -2.38. The molecule has 0 saturated heterocycles. The van der Waals surface area contributed by atoms with Gasteiger partial charge >= 0.3 is 0 Å². The van der Waals surface area contributed by atoms with Gasteiger partial charge in [0.25, 0.3) is 5.91 Å². The summed E-state index contributed by atoms with van der Waals surface area (Å²) < 4.78 is 0. The Morgan fingerprint density at radius 2 is 1.84 bits per heavy atom. The fourth-order valence-electron chi connectivity index (χ4n) is 5.13. The van der Waals surface area contributed by atoms with Gasteiger partial charge in [-0.25, -0.2) is 4.98 Å². The van der Waals surface area contributed by atoms with Crippen LogP contribution in [0.1, 0.15) is 76.1 Å². The van der Waals surface area contributed by atoms with Gasteiger partial charge in [0.1, 0.15) is 5.82 Å². The molecule has 1 aromatic carbocycles. The number of benzene rings is 1. The van der Waals surface area contributed by atoms with Crippen LogP contribution in [0.4, 0.5) is 0 Å². The highest BCUT2D eigenvalue weighted by Gasteiger charge is 2.31. The maximum absolute atomic E-state index is 12.6. The number of hydrogen-bond acceptors (Lipinski definition) is 5. The number of imidazole rings is 1. The van der Waals surface area contributed by atoms with Crippen molar-refractivity contribution in [1.29, 1.82) is 0 Å². The molecule has 5 rings (SSSR count). The van der Waals surface area contributed by atoms with E-state index in [9.17, 15) is 4.79 Å². The quantitative estimate of drug-likeness (QED) is 0.266. The van der Waals surface area contributed by atoms with Crippen molar-refractivity contribution < 1.29 is 4.79 Å². The number of halogens is 2. The maximum atomic E-state index is 12.6. The first kappa shape index (κ1) is 26.4. The SMILES string of the molecule is Cc1ncc(C(C)N(Cc2ccc(CNC(=O)c3c(Cl)cncc3Cl)cc2)C2CCCc3cccnc32)[nH]1. The summed E-state index contributed by atoms with van der Waals surface area (Å²) >= 11 is 12.2. The molecule has 0 aliphatic heterocycles. The number of rotatable bonds is 8. The second kappa shape index (κ2) is 11.6. The minimum Gasteiger partial charge on any atom is -0.348 e. The summed E-state index contributed by atoms with van der Waals surface area (Å²) in [6.07, 6.45) is 9.92.